The van der Waals surface area contributed by atoms with Gasteiger partial charge in [0.15, 0.2) is 0 Å². The number of aryl methyl sites for hydroxylation is 1. The van der Waals surface area contributed by atoms with Gasteiger partial charge in [-0.1, -0.05) is 136 Å². The topological polar surface area (TPSA) is 69.3 Å². The average molecular weight is 1090 g/mol. The molecule has 0 atom stereocenters. The van der Waals surface area contributed by atoms with E-state index in [1.165, 1.54) is 50.1 Å². The molecule has 7 heteroatoms. The molecule has 5 aromatic heterocycles. The van der Waals surface area contributed by atoms with E-state index in [-0.39, 0.29) is 41.2 Å². The Balaban J connectivity index is 0.000000379. The number of fused-ring (bicyclic) bond motifs is 8. The van der Waals surface area contributed by atoms with Gasteiger partial charge in [0.25, 0.3) is 0 Å². The number of aromatic nitrogens is 5. The van der Waals surface area contributed by atoms with Gasteiger partial charge in [-0.25, -0.2) is 0 Å². The predicted molar refractivity (Wildman–Crippen MR) is 220 cm³/mol. The van der Waals surface area contributed by atoms with Crippen LogP contribution in [0.15, 0.2) is 42.6 Å². The normalized spacial score (nSPS) is 11.5. The Labute approximate surface area is 356 Å². The summed E-state index contributed by atoms with van der Waals surface area (Å²) in [6, 6.07) is 15.1. The maximum Gasteiger partial charge on any atom is 4.00 e. The molecule has 5 nitrogen and oxygen atoms in total. The molecule has 0 amide bonds. The zero-order valence-corrected chi connectivity index (χ0v) is 38.6. The van der Waals surface area contributed by atoms with E-state index >= 15 is 0 Å². The van der Waals surface area contributed by atoms with E-state index in [2.05, 4.69) is 104 Å². The molecule has 8 bridgehead atoms. The Morgan fingerprint density at radius 3 is 1.13 bits per heavy atom. The Morgan fingerprint density at radius 2 is 0.836 bits per heavy atom. The van der Waals surface area contributed by atoms with Crippen molar-refractivity contribution in [3.8, 4) is 11.3 Å². The van der Waals surface area contributed by atoms with Gasteiger partial charge in [0.2, 0.25) is 0 Å². The second-order valence-electron chi connectivity index (χ2n) is 13.7. The van der Waals surface area contributed by atoms with Crippen LogP contribution in [0.1, 0.15) is 128 Å². The van der Waals surface area contributed by atoms with Crippen LogP contribution in [0.2, 0.25) is 0 Å². The third kappa shape index (κ3) is 8.83. The van der Waals surface area contributed by atoms with Crippen molar-refractivity contribution in [1.82, 2.24) is 24.9 Å². The van der Waals surface area contributed by atoms with E-state index in [1.54, 1.807) is 0 Å². The molecule has 0 saturated carbocycles. The van der Waals surface area contributed by atoms with Gasteiger partial charge in [-0.15, -0.1) is 80.1 Å². The SMILES string of the molecule is CCc1c2[n-]c(c1CC)C=c1[n-]c(c(CC)c1CC)=Cc1[n-]c(c(CC)c1CC)C=c1[n-]c(c(CC)c1CC)=C2.Cc1cccnc1-c1[c-]cccc1.[Ir].[Pt+4]. The van der Waals surface area contributed by atoms with E-state index in [1.807, 2.05) is 36.5 Å². The maximum atomic E-state index is 5.25. The molecule has 1 aromatic carbocycles. The van der Waals surface area contributed by atoms with Crippen LogP contribution in [-0.2, 0) is 92.5 Å². The number of benzene rings is 1. The van der Waals surface area contributed by atoms with Crippen LogP contribution in [0.3, 0.4) is 0 Å². The summed E-state index contributed by atoms with van der Waals surface area (Å²) in [6.45, 7) is 20.0. The summed E-state index contributed by atoms with van der Waals surface area (Å²) < 4.78 is 0. The Morgan fingerprint density at radius 1 is 0.473 bits per heavy atom. The third-order valence-electron chi connectivity index (χ3n) is 10.8. The Bertz CT molecular complexity index is 2200. The van der Waals surface area contributed by atoms with Crippen molar-refractivity contribution in [3.63, 3.8) is 0 Å². The van der Waals surface area contributed by atoms with Gasteiger partial charge in [0.1, 0.15) is 0 Å². The first kappa shape index (κ1) is 44.0. The van der Waals surface area contributed by atoms with E-state index in [4.69, 9.17) is 19.9 Å². The molecule has 0 saturated heterocycles. The largest absolute Gasteiger partial charge is 4.00 e. The molecule has 0 N–H and O–H groups in total. The quantitative estimate of drug-likeness (QED) is 0.155. The van der Waals surface area contributed by atoms with Crippen LogP contribution in [0.4, 0.5) is 0 Å². The van der Waals surface area contributed by atoms with Gasteiger partial charge in [0, 0.05) is 26.3 Å². The minimum Gasteiger partial charge on any atom is -0.657 e. The van der Waals surface area contributed by atoms with E-state index in [0.717, 1.165) is 107 Å². The van der Waals surface area contributed by atoms with E-state index in [0.29, 0.717) is 0 Å². The first-order valence-corrected chi connectivity index (χ1v) is 19.8. The average Bonchev–Trinajstić information content (AvgIpc) is 3.90. The third-order valence-corrected chi connectivity index (χ3v) is 10.8. The minimum absolute atomic E-state index is 0. The van der Waals surface area contributed by atoms with Gasteiger partial charge in [-0.05, 0) is 70.1 Å². The molecule has 6 heterocycles. The summed E-state index contributed by atoms with van der Waals surface area (Å²) >= 11 is 0. The van der Waals surface area contributed by atoms with Crippen molar-refractivity contribution in [1.29, 1.82) is 0 Å². The summed E-state index contributed by atoms with van der Waals surface area (Å²) in [5.74, 6) is 0. The number of hydrogen-bond donors (Lipinski definition) is 0. The summed E-state index contributed by atoms with van der Waals surface area (Å²) in [5, 5.41) is 4.23. The van der Waals surface area contributed by atoms with Crippen molar-refractivity contribution >= 4 is 24.3 Å². The second-order valence-corrected chi connectivity index (χ2v) is 13.7. The summed E-state index contributed by atoms with van der Waals surface area (Å²) in [7, 11) is 0. The molecule has 0 fully saturated rings. The van der Waals surface area contributed by atoms with Gasteiger partial charge in [-0.2, -0.15) is 0 Å². The molecular weight excluding hydrogens is 1030 g/mol. The van der Waals surface area contributed by atoms with E-state index < -0.39 is 0 Å². The van der Waals surface area contributed by atoms with Crippen LogP contribution >= 0.6 is 0 Å². The summed E-state index contributed by atoms with van der Waals surface area (Å²) in [6.07, 6.45) is 18.4. The molecule has 55 heavy (non-hydrogen) atoms. The smallest absolute Gasteiger partial charge is 0.657 e. The van der Waals surface area contributed by atoms with Crippen molar-refractivity contribution in [2.24, 2.45) is 0 Å². The molecule has 1 aliphatic heterocycles. The van der Waals surface area contributed by atoms with Crippen LogP contribution in [-0.4, -0.2) is 4.98 Å². The van der Waals surface area contributed by atoms with Gasteiger partial charge >= 0.3 is 21.1 Å². The fourth-order valence-electron chi connectivity index (χ4n) is 8.23. The van der Waals surface area contributed by atoms with Crippen molar-refractivity contribution < 1.29 is 41.2 Å². The molecule has 291 valence electrons. The minimum atomic E-state index is 0. The molecular formula is C48H54IrN5Pt-. The van der Waals surface area contributed by atoms with Crippen LogP contribution in [0.5, 0.6) is 0 Å². The summed E-state index contributed by atoms with van der Waals surface area (Å²) in [5.41, 5.74) is 18.2. The first-order chi connectivity index (χ1) is 25.8. The zero-order chi connectivity index (χ0) is 37.6. The standard InChI is InChI=1S/C36H44N4.C12H10N.Ir.Pt/c1-9-21-22(10-2)30-18-32-25(13-5)26(14-6)34(39-32)20-36-28(16-8)27(15-7)35(40-36)19-33-24(12-4)23(11-3)31(38-33)17-29(21)37-30;1-10-6-5-9-13-12(10)11-7-3-2-4-8-11;;/h17-20H,9-16H2,1-8H3;2-7,9H,1H3;;/q-4;-1;;+4. The van der Waals surface area contributed by atoms with Crippen LogP contribution in [0.25, 0.3) is 35.6 Å². The van der Waals surface area contributed by atoms with Crippen molar-refractivity contribution in [2.75, 3.05) is 0 Å². The molecule has 0 aliphatic carbocycles. The fourth-order valence-corrected chi connectivity index (χ4v) is 8.23. The van der Waals surface area contributed by atoms with Gasteiger partial charge in [-0.3, -0.25) is 0 Å². The van der Waals surface area contributed by atoms with Crippen LogP contribution in [0, 0.1) is 13.0 Å². The van der Waals surface area contributed by atoms with Gasteiger partial charge < -0.3 is 24.9 Å². The molecule has 6 aromatic rings. The van der Waals surface area contributed by atoms with Crippen molar-refractivity contribution in [2.45, 2.75) is 114 Å². The Kier molecular flexibility index (Phi) is 16.0. The maximum absolute atomic E-state index is 5.25. The molecule has 0 spiro atoms. The summed E-state index contributed by atoms with van der Waals surface area (Å²) in [4.78, 5) is 25.3. The number of hydrogen-bond acceptors (Lipinski definition) is 1. The number of nitrogens with zero attached hydrogens (tertiary/aromatic N) is 5. The zero-order valence-electron chi connectivity index (χ0n) is 33.9. The molecule has 7 rings (SSSR count). The van der Waals surface area contributed by atoms with E-state index in [9.17, 15) is 0 Å². The molecule has 0 unspecified atom stereocenters. The second kappa shape index (κ2) is 19.9. The fraction of sp³-hybridized carbons (Fsp3) is 0.354. The van der Waals surface area contributed by atoms with Crippen LogP contribution < -0.4 is 41.3 Å². The van der Waals surface area contributed by atoms with Crippen molar-refractivity contribution in [3.05, 3.63) is 143 Å². The first-order valence-electron chi connectivity index (χ1n) is 19.8. The monoisotopic (exact) mass is 1090 g/mol. The molecule has 1 aliphatic rings. The number of pyridine rings is 1. The Hall–Kier alpha value is -3.69. The number of rotatable bonds is 9. The predicted octanol–water partition coefficient (Wildman–Crippen LogP) is 6.50. The van der Waals surface area contributed by atoms with Gasteiger partial charge in [0.05, 0.1) is 0 Å². The molecule has 1 radical (unpaired) electrons.